The molecule has 0 aromatic rings. The van der Waals surface area contributed by atoms with E-state index in [2.05, 4.69) is 4.90 Å². The van der Waals surface area contributed by atoms with Gasteiger partial charge in [0.25, 0.3) is 0 Å². The molecule has 0 radical (unpaired) electrons. The van der Waals surface area contributed by atoms with Crippen molar-refractivity contribution < 1.29 is 18.1 Å². The molecular weight excluding hydrogens is 274 g/mol. The Balaban J connectivity index is 2.69. The second-order valence-corrected chi connectivity index (χ2v) is 7.72. The standard InChI is InChI=1S/C14H29NO4Si/c1-5-17-20(18-6-2,19-7-3)12-15-10-8-9-14(11-15)13(4)16/h14H,5-12H2,1-4H3. The molecule has 1 fully saturated rings. The van der Waals surface area contributed by atoms with Crippen molar-refractivity contribution in [3.05, 3.63) is 0 Å². The number of Topliss-reactive ketones (excluding diaryl/α,β-unsaturated/α-hetero) is 1. The van der Waals surface area contributed by atoms with Gasteiger partial charge in [0.1, 0.15) is 5.78 Å². The van der Waals surface area contributed by atoms with Crippen LogP contribution in [0.2, 0.25) is 0 Å². The Morgan fingerprint density at radius 2 is 1.70 bits per heavy atom. The van der Waals surface area contributed by atoms with Crippen LogP contribution >= 0.6 is 0 Å². The normalized spacial score (nSPS) is 21.1. The lowest BCUT2D eigenvalue weighted by Crippen LogP contribution is -2.57. The fourth-order valence-corrected chi connectivity index (χ4v) is 5.40. The van der Waals surface area contributed by atoms with Gasteiger partial charge in [0.15, 0.2) is 0 Å². The number of carbonyl (C=O) groups is 1. The van der Waals surface area contributed by atoms with Gasteiger partial charge in [0.05, 0.1) is 6.17 Å². The molecule has 0 N–H and O–H groups in total. The minimum Gasteiger partial charge on any atom is -0.373 e. The maximum absolute atomic E-state index is 11.6. The van der Waals surface area contributed by atoms with Crippen LogP contribution in [0, 0.1) is 5.92 Å². The average molecular weight is 303 g/mol. The Morgan fingerprint density at radius 1 is 1.15 bits per heavy atom. The first-order valence-electron chi connectivity index (χ1n) is 7.71. The first kappa shape index (κ1) is 17.8. The second kappa shape index (κ2) is 8.89. The van der Waals surface area contributed by atoms with E-state index >= 15 is 0 Å². The summed E-state index contributed by atoms with van der Waals surface area (Å²) in [4.78, 5) is 13.9. The number of ketones is 1. The fraction of sp³-hybridized carbons (Fsp3) is 0.929. The molecule has 0 bridgehead atoms. The van der Waals surface area contributed by atoms with E-state index in [1.165, 1.54) is 0 Å². The molecule has 1 aliphatic heterocycles. The van der Waals surface area contributed by atoms with Crippen LogP contribution in [-0.2, 0) is 18.1 Å². The molecule has 6 heteroatoms. The molecule has 118 valence electrons. The summed E-state index contributed by atoms with van der Waals surface area (Å²) < 4.78 is 17.6. The number of carbonyl (C=O) groups excluding carboxylic acids is 1. The van der Waals surface area contributed by atoms with Crippen molar-refractivity contribution in [2.75, 3.05) is 39.1 Å². The Bertz CT molecular complexity index is 284. The SMILES string of the molecule is CCO[Si](CN1CCCC(C(C)=O)C1)(OCC)OCC. The van der Waals surface area contributed by atoms with E-state index in [0.717, 1.165) is 25.9 Å². The summed E-state index contributed by atoms with van der Waals surface area (Å²) in [7, 11) is -2.63. The Labute approximate surface area is 123 Å². The maximum atomic E-state index is 11.6. The molecule has 0 aromatic carbocycles. The quantitative estimate of drug-likeness (QED) is 0.609. The minimum atomic E-state index is -2.63. The summed E-state index contributed by atoms with van der Waals surface area (Å²) in [5.41, 5.74) is 0. The van der Waals surface area contributed by atoms with Gasteiger partial charge in [-0.1, -0.05) is 0 Å². The van der Waals surface area contributed by atoms with E-state index in [1.807, 2.05) is 20.8 Å². The van der Waals surface area contributed by atoms with Gasteiger partial charge in [-0.2, -0.15) is 0 Å². The first-order valence-corrected chi connectivity index (χ1v) is 9.64. The van der Waals surface area contributed by atoms with Crippen LogP contribution in [0.3, 0.4) is 0 Å². The van der Waals surface area contributed by atoms with Crippen molar-refractivity contribution in [1.82, 2.24) is 4.90 Å². The van der Waals surface area contributed by atoms with Crippen molar-refractivity contribution in [2.45, 2.75) is 40.5 Å². The van der Waals surface area contributed by atoms with E-state index in [9.17, 15) is 4.79 Å². The molecule has 1 aliphatic rings. The third-order valence-corrected chi connectivity index (χ3v) is 6.61. The van der Waals surface area contributed by atoms with Gasteiger partial charge in [0.2, 0.25) is 0 Å². The Hall–Kier alpha value is -0.273. The molecule has 0 aromatic heterocycles. The maximum Gasteiger partial charge on any atom is 0.515 e. The van der Waals surface area contributed by atoms with Crippen LogP contribution in [0.25, 0.3) is 0 Å². The number of hydrogen-bond acceptors (Lipinski definition) is 5. The van der Waals surface area contributed by atoms with Crippen LogP contribution < -0.4 is 0 Å². The van der Waals surface area contributed by atoms with Crippen LogP contribution in [-0.4, -0.2) is 58.6 Å². The van der Waals surface area contributed by atoms with E-state index < -0.39 is 8.80 Å². The molecule has 1 unspecified atom stereocenters. The second-order valence-electron chi connectivity index (χ2n) is 5.17. The van der Waals surface area contributed by atoms with Gasteiger partial charge < -0.3 is 13.3 Å². The molecule has 1 atom stereocenters. The lowest BCUT2D eigenvalue weighted by molar-refractivity contribution is -0.122. The number of piperidine rings is 1. The summed E-state index contributed by atoms with van der Waals surface area (Å²) in [6.45, 7) is 11.2. The zero-order valence-electron chi connectivity index (χ0n) is 13.3. The van der Waals surface area contributed by atoms with Crippen LogP contribution in [0.4, 0.5) is 0 Å². The zero-order valence-corrected chi connectivity index (χ0v) is 14.3. The summed E-state index contributed by atoms with van der Waals surface area (Å²) >= 11 is 0. The molecule has 1 rings (SSSR count). The van der Waals surface area contributed by atoms with Gasteiger partial charge in [-0.05, 0) is 47.1 Å². The Morgan fingerprint density at radius 3 is 2.15 bits per heavy atom. The molecule has 0 amide bonds. The molecule has 1 heterocycles. The lowest BCUT2D eigenvalue weighted by Gasteiger charge is -2.37. The van der Waals surface area contributed by atoms with Crippen molar-refractivity contribution in [3.63, 3.8) is 0 Å². The molecule has 20 heavy (non-hydrogen) atoms. The van der Waals surface area contributed by atoms with Crippen LogP contribution in [0.1, 0.15) is 40.5 Å². The third-order valence-electron chi connectivity index (χ3n) is 3.59. The van der Waals surface area contributed by atoms with Gasteiger partial charge >= 0.3 is 8.80 Å². The zero-order chi connectivity index (χ0) is 15.0. The van der Waals surface area contributed by atoms with Gasteiger partial charge in [0, 0.05) is 32.3 Å². The molecule has 5 nitrogen and oxygen atoms in total. The highest BCUT2D eigenvalue weighted by Crippen LogP contribution is 2.20. The molecule has 0 aliphatic carbocycles. The highest BCUT2D eigenvalue weighted by molar-refractivity contribution is 6.60. The van der Waals surface area contributed by atoms with E-state index in [1.54, 1.807) is 6.92 Å². The van der Waals surface area contributed by atoms with Crippen molar-refractivity contribution in [2.24, 2.45) is 5.92 Å². The van der Waals surface area contributed by atoms with E-state index in [0.29, 0.717) is 26.0 Å². The van der Waals surface area contributed by atoms with E-state index in [-0.39, 0.29) is 11.7 Å². The highest BCUT2D eigenvalue weighted by Gasteiger charge is 2.43. The van der Waals surface area contributed by atoms with Crippen LogP contribution in [0.5, 0.6) is 0 Å². The van der Waals surface area contributed by atoms with Gasteiger partial charge in [-0.15, -0.1) is 0 Å². The highest BCUT2D eigenvalue weighted by atomic mass is 28.4. The number of nitrogens with zero attached hydrogens (tertiary/aromatic N) is 1. The fourth-order valence-electron chi connectivity index (χ4n) is 2.73. The summed E-state index contributed by atoms with van der Waals surface area (Å²) in [5.74, 6) is 0.437. The lowest BCUT2D eigenvalue weighted by atomic mass is 9.95. The number of likely N-dealkylation sites (tertiary alicyclic amines) is 1. The molecule has 0 saturated carbocycles. The molecule has 1 saturated heterocycles. The molecule has 0 spiro atoms. The van der Waals surface area contributed by atoms with E-state index in [4.69, 9.17) is 13.3 Å². The third kappa shape index (κ3) is 5.25. The number of hydrogen-bond donors (Lipinski definition) is 0. The average Bonchev–Trinajstić information content (AvgIpc) is 2.40. The van der Waals surface area contributed by atoms with Crippen molar-refractivity contribution in [3.8, 4) is 0 Å². The van der Waals surface area contributed by atoms with Crippen molar-refractivity contribution in [1.29, 1.82) is 0 Å². The number of rotatable bonds is 9. The Kier molecular flexibility index (Phi) is 7.90. The topological polar surface area (TPSA) is 48.0 Å². The summed E-state index contributed by atoms with van der Waals surface area (Å²) in [5, 5.41) is 0. The van der Waals surface area contributed by atoms with Crippen LogP contribution in [0.15, 0.2) is 0 Å². The molecular formula is C14H29NO4Si. The largest absolute Gasteiger partial charge is 0.515 e. The summed E-state index contributed by atoms with van der Waals surface area (Å²) in [6, 6.07) is 0. The predicted molar refractivity (Wildman–Crippen MR) is 80.5 cm³/mol. The summed E-state index contributed by atoms with van der Waals surface area (Å²) in [6.07, 6.45) is 2.74. The monoisotopic (exact) mass is 303 g/mol. The van der Waals surface area contributed by atoms with Gasteiger partial charge in [-0.3, -0.25) is 9.69 Å². The van der Waals surface area contributed by atoms with Gasteiger partial charge in [-0.25, -0.2) is 0 Å². The van der Waals surface area contributed by atoms with Crippen molar-refractivity contribution >= 4 is 14.6 Å². The first-order chi connectivity index (χ1) is 9.56. The predicted octanol–water partition coefficient (Wildman–Crippen LogP) is 1.87. The smallest absolute Gasteiger partial charge is 0.373 e. The minimum absolute atomic E-state index is 0.153.